The lowest BCUT2D eigenvalue weighted by molar-refractivity contribution is -0.150. The van der Waals surface area contributed by atoms with Gasteiger partial charge in [-0.05, 0) is 23.6 Å². The van der Waals surface area contributed by atoms with E-state index in [9.17, 15) is 14.0 Å². The van der Waals surface area contributed by atoms with E-state index in [2.05, 4.69) is 5.32 Å². The van der Waals surface area contributed by atoms with E-state index in [-0.39, 0.29) is 24.9 Å². The summed E-state index contributed by atoms with van der Waals surface area (Å²) in [5, 5.41) is 2.98. The monoisotopic (exact) mass is 312 g/mol. The summed E-state index contributed by atoms with van der Waals surface area (Å²) in [7, 11) is 0. The number of nitrogens with one attached hydrogen (secondary N) is 1. The zero-order valence-electron chi connectivity index (χ0n) is 12.2. The molecule has 114 valence electrons. The Hall–Kier alpha value is -1.62. The molecular weight excluding hydrogens is 295 g/mol. The molecule has 0 aromatic heterocycles. The number of hydrogen-bond donors (Lipinski definition) is 1. The van der Waals surface area contributed by atoms with Crippen LogP contribution in [0.15, 0.2) is 18.2 Å². The normalized spacial score (nSPS) is 19.7. The molecular formula is C15H18ClFN2O2. The standard InChI is InChI=1S/C15H18ClFN2O2/c1-15(2,3)13-14(21)18-7-12(20)19(13)8-9-6-10(16)4-5-11(9)17/h4-6,13H,7-8H2,1-3H3,(H,18,21). The summed E-state index contributed by atoms with van der Waals surface area (Å²) in [6, 6.07) is 3.55. The summed E-state index contributed by atoms with van der Waals surface area (Å²) in [5.41, 5.74) is -0.144. The van der Waals surface area contributed by atoms with Crippen molar-refractivity contribution in [3.8, 4) is 0 Å². The average Bonchev–Trinajstić information content (AvgIpc) is 2.36. The second kappa shape index (κ2) is 5.64. The molecule has 0 spiro atoms. The highest BCUT2D eigenvalue weighted by Gasteiger charge is 2.42. The summed E-state index contributed by atoms with van der Waals surface area (Å²) in [6.07, 6.45) is 0. The van der Waals surface area contributed by atoms with Gasteiger partial charge in [0, 0.05) is 17.1 Å². The first kappa shape index (κ1) is 15.8. The Balaban J connectivity index is 2.35. The highest BCUT2D eigenvalue weighted by Crippen LogP contribution is 2.28. The molecule has 1 heterocycles. The van der Waals surface area contributed by atoms with E-state index in [0.717, 1.165) is 0 Å². The number of benzene rings is 1. The molecule has 1 aromatic carbocycles. The minimum atomic E-state index is -0.642. The van der Waals surface area contributed by atoms with Crippen molar-refractivity contribution in [3.63, 3.8) is 0 Å². The van der Waals surface area contributed by atoms with Crippen molar-refractivity contribution in [2.24, 2.45) is 5.41 Å². The van der Waals surface area contributed by atoms with Gasteiger partial charge in [0.1, 0.15) is 11.9 Å². The van der Waals surface area contributed by atoms with Crippen LogP contribution in [-0.2, 0) is 16.1 Å². The maximum absolute atomic E-state index is 13.9. The Kier molecular flexibility index (Phi) is 4.23. The number of carbonyl (C=O) groups is 2. The zero-order chi connectivity index (χ0) is 15.8. The molecule has 1 aliphatic rings. The molecule has 1 saturated heterocycles. The van der Waals surface area contributed by atoms with Crippen molar-refractivity contribution in [3.05, 3.63) is 34.6 Å². The van der Waals surface area contributed by atoms with Crippen molar-refractivity contribution in [2.45, 2.75) is 33.4 Å². The van der Waals surface area contributed by atoms with Gasteiger partial charge in [-0.1, -0.05) is 32.4 Å². The third-order valence-electron chi connectivity index (χ3n) is 3.46. The van der Waals surface area contributed by atoms with Crippen LogP contribution < -0.4 is 5.32 Å². The highest BCUT2D eigenvalue weighted by molar-refractivity contribution is 6.30. The van der Waals surface area contributed by atoms with Gasteiger partial charge in [-0.25, -0.2) is 4.39 Å². The van der Waals surface area contributed by atoms with E-state index in [1.54, 1.807) is 0 Å². The van der Waals surface area contributed by atoms with Gasteiger partial charge in [-0.3, -0.25) is 9.59 Å². The minimum Gasteiger partial charge on any atom is -0.345 e. The molecule has 0 aliphatic carbocycles. The highest BCUT2D eigenvalue weighted by atomic mass is 35.5. The molecule has 1 atom stereocenters. The number of hydrogen-bond acceptors (Lipinski definition) is 2. The third kappa shape index (κ3) is 3.35. The fourth-order valence-electron chi connectivity index (χ4n) is 2.53. The number of piperazine rings is 1. The van der Waals surface area contributed by atoms with Gasteiger partial charge in [0.25, 0.3) is 0 Å². The second-order valence-electron chi connectivity index (χ2n) is 6.24. The lowest BCUT2D eigenvalue weighted by Crippen LogP contribution is -2.62. The Morgan fingerprint density at radius 2 is 2.05 bits per heavy atom. The molecule has 0 bridgehead atoms. The quantitative estimate of drug-likeness (QED) is 0.911. The Bertz CT molecular complexity index is 584. The van der Waals surface area contributed by atoms with E-state index in [4.69, 9.17) is 11.6 Å². The van der Waals surface area contributed by atoms with Gasteiger partial charge in [-0.15, -0.1) is 0 Å². The second-order valence-corrected chi connectivity index (χ2v) is 6.68. The van der Waals surface area contributed by atoms with Crippen molar-refractivity contribution < 1.29 is 14.0 Å². The van der Waals surface area contributed by atoms with Crippen LogP contribution in [0.3, 0.4) is 0 Å². The number of amides is 2. The molecule has 0 radical (unpaired) electrons. The van der Waals surface area contributed by atoms with Gasteiger partial charge >= 0.3 is 0 Å². The maximum atomic E-state index is 13.9. The SMILES string of the molecule is CC(C)(C)C1C(=O)NCC(=O)N1Cc1cc(Cl)ccc1F. The lowest BCUT2D eigenvalue weighted by Gasteiger charge is -2.42. The first-order valence-corrected chi connectivity index (χ1v) is 7.09. The largest absolute Gasteiger partial charge is 0.345 e. The Morgan fingerprint density at radius 1 is 1.38 bits per heavy atom. The number of nitrogens with zero attached hydrogens (tertiary/aromatic N) is 1. The predicted molar refractivity (Wildman–Crippen MR) is 78.2 cm³/mol. The van der Waals surface area contributed by atoms with Crippen LogP contribution in [0.2, 0.25) is 5.02 Å². The predicted octanol–water partition coefficient (Wildman–Crippen LogP) is 2.35. The summed E-state index contributed by atoms with van der Waals surface area (Å²) >= 11 is 5.88. The Labute approximate surface area is 128 Å². The van der Waals surface area contributed by atoms with Gasteiger partial charge in [0.2, 0.25) is 11.8 Å². The zero-order valence-corrected chi connectivity index (χ0v) is 13.0. The van der Waals surface area contributed by atoms with Gasteiger partial charge in [-0.2, -0.15) is 0 Å². The number of halogens is 2. The molecule has 2 amide bonds. The van der Waals surface area contributed by atoms with Gasteiger partial charge in [0.15, 0.2) is 0 Å². The minimum absolute atomic E-state index is 0.0284. The van der Waals surface area contributed by atoms with Gasteiger partial charge in [0.05, 0.1) is 6.54 Å². The van der Waals surface area contributed by atoms with Crippen LogP contribution in [0.4, 0.5) is 4.39 Å². The molecule has 1 fully saturated rings. The number of rotatable bonds is 2. The first-order valence-electron chi connectivity index (χ1n) is 6.71. The van der Waals surface area contributed by atoms with Crippen LogP contribution in [-0.4, -0.2) is 29.3 Å². The molecule has 21 heavy (non-hydrogen) atoms. The topological polar surface area (TPSA) is 49.4 Å². The molecule has 1 aromatic rings. The van der Waals surface area contributed by atoms with Crippen LogP contribution in [0.25, 0.3) is 0 Å². The molecule has 1 aliphatic heterocycles. The lowest BCUT2D eigenvalue weighted by atomic mass is 9.83. The molecule has 4 nitrogen and oxygen atoms in total. The fourth-order valence-corrected chi connectivity index (χ4v) is 2.73. The van der Waals surface area contributed by atoms with Crippen molar-refractivity contribution in [1.29, 1.82) is 0 Å². The van der Waals surface area contributed by atoms with E-state index < -0.39 is 17.3 Å². The van der Waals surface area contributed by atoms with Crippen LogP contribution in [0.5, 0.6) is 0 Å². The van der Waals surface area contributed by atoms with Crippen molar-refractivity contribution in [2.75, 3.05) is 6.54 Å². The first-order chi connectivity index (χ1) is 9.70. The smallest absolute Gasteiger partial charge is 0.243 e. The van der Waals surface area contributed by atoms with Crippen molar-refractivity contribution in [1.82, 2.24) is 10.2 Å². The third-order valence-corrected chi connectivity index (χ3v) is 3.70. The number of carbonyl (C=O) groups excluding carboxylic acids is 2. The molecule has 0 saturated carbocycles. The average molecular weight is 313 g/mol. The van der Waals surface area contributed by atoms with E-state index in [1.165, 1.54) is 23.1 Å². The van der Waals surface area contributed by atoms with E-state index >= 15 is 0 Å². The summed E-state index contributed by atoms with van der Waals surface area (Å²) in [4.78, 5) is 25.7. The summed E-state index contributed by atoms with van der Waals surface area (Å²) in [5.74, 6) is -0.885. The molecule has 2 rings (SSSR count). The fraction of sp³-hybridized carbons (Fsp3) is 0.467. The molecule has 1 N–H and O–H groups in total. The summed E-state index contributed by atoms with van der Waals surface area (Å²) in [6.45, 7) is 5.58. The summed E-state index contributed by atoms with van der Waals surface area (Å²) < 4.78 is 13.9. The maximum Gasteiger partial charge on any atom is 0.243 e. The van der Waals surface area contributed by atoms with E-state index in [0.29, 0.717) is 10.6 Å². The van der Waals surface area contributed by atoms with Crippen LogP contribution in [0, 0.1) is 11.2 Å². The van der Waals surface area contributed by atoms with Crippen LogP contribution >= 0.6 is 11.6 Å². The molecule has 6 heteroatoms. The van der Waals surface area contributed by atoms with E-state index in [1.807, 2.05) is 20.8 Å². The van der Waals surface area contributed by atoms with Crippen molar-refractivity contribution >= 4 is 23.4 Å². The van der Waals surface area contributed by atoms with Gasteiger partial charge < -0.3 is 10.2 Å². The molecule has 1 unspecified atom stereocenters. The van der Waals surface area contributed by atoms with Crippen LogP contribution in [0.1, 0.15) is 26.3 Å². The Morgan fingerprint density at radius 3 is 2.67 bits per heavy atom.